The van der Waals surface area contributed by atoms with Crippen molar-refractivity contribution >= 4 is 23.0 Å². The molecule has 128 valence electrons. The van der Waals surface area contributed by atoms with Gasteiger partial charge in [-0.25, -0.2) is 0 Å². The van der Waals surface area contributed by atoms with Gasteiger partial charge in [-0.1, -0.05) is 42.5 Å². The van der Waals surface area contributed by atoms with Gasteiger partial charge in [-0.3, -0.25) is 4.99 Å². The molecule has 0 N–H and O–H groups in total. The molecule has 0 fully saturated rings. The van der Waals surface area contributed by atoms with Crippen LogP contribution in [0.15, 0.2) is 65.7 Å². The minimum Gasteiger partial charge on any atom is -0.372 e. The van der Waals surface area contributed by atoms with Crippen LogP contribution < -0.4 is 4.90 Å². The lowest BCUT2D eigenvalue weighted by Gasteiger charge is -2.21. The summed E-state index contributed by atoms with van der Waals surface area (Å²) in [5.41, 5.74) is 7.29. The Morgan fingerprint density at radius 2 is 1.52 bits per heavy atom. The van der Waals surface area contributed by atoms with Gasteiger partial charge in [-0.15, -0.1) is 0 Å². The predicted molar refractivity (Wildman–Crippen MR) is 111 cm³/mol. The Balaban J connectivity index is 1.94. The van der Waals surface area contributed by atoms with E-state index in [4.69, 9.17) is 0 Å². The van der Waals surface area contributed by atoms with Crippen molar-refractivity contribution in [1.29, 1.82) is 0 Å². The maximum absolute atomic E-state index is 4.61. The van der Waals surface area contributed by atoms with Crippen molar-refractivity contribution in [3.63, 3.8) is 0 Å². The highest BCUT2D eigenvalue weighted by atomic mass is 15.1. The standard InChI is InChI=1S/C23H26N2/c1-4-24-23-16-13-19(21-9-7-8-10-22(21)23)17-18-11-14-20(15-12-18)25(5-2)6-3/h7-17H,4-6H2,1-3H3. The summed E-state index contributed by atoms with van der Waals surface area (Å²) >= 11 is 0. The summed E-state index contributed by atoms with van der Waals surface area (Å²) in [4.78, 5) is 6.97. The molecular weight excluding hydrogens is 304 g/mol. The van der Waals surface area contributed by atoms with Crippen LogP contribution in [0.2, 0.25) is 0 Å². The van der Waals surface area contributed by atoms with Crippen LogP contribution in [-0.2, 0) is 0 Å². The second kappa shape index (κ2) is 7.98. The number of allylic oxidation sites excluding steroid dienone is 3. The Morgan fingerprint density at radius 1 is 0.840 bits per heavy atom. The third-order valence-electron chi connectivity index (χ3n) is 4.61. The van der Waals surface area contributed by atoms with E-state index in [1.807, 2.05) is 0 Å². The van der Waals surface area contributed by atoms with Crippen molar-refractivity contribution in [3.05, 3.63) is 77.4 Å². The number of hydrogen-bond acceptors (Lipinski definition) is 2. The van der Waals surface area contributed by atoms with Gasteiger partial charge in [0.15, 0.2) is 0 Å². The third-order valence-corrected chi connectivity index (χ3v) is 4.61. The topological polar surface area (TPSA) is 15.6 Å². The maximum atomic E-state index is 4.61. The van der Waals surface area contributed by atoms with E-state index in [9.17, 15) is 0 Å². The molecule has 2 nitrogen and oxygen atoms in total. The number of benzene rings is 2. The van der Waals surface area contributed by atoms with E-state index in [0.717, 1.165) is 25.3 Å². The van der Waals surface area contributed by atoms with E-state index in [-0.39, 0.29) is 0 Å². The number of aliphatic imine (C=N–C) groups is 1. The van der Waals surface area contributed by atoms with E-state index < -0.39 is 0 Å². The average molecular weight is 330 g/mol. The van der Waals surface area contributed by atoms with Crippen LogP contribution in [0.1, 0.15) is 37.5 Å². The molecule has 0 amide bonds. The van der Waals surface area contributed by atoms with E-state index in [1.165, 1.54) is 28.0 Å². The molecule has 0 radical (unpaired) electrons. The second-order valence-corrected chi connectivity index (χ2v) is 6.10. The summed E-state index contributed by atoms with van der Waals surface area (Å²) in [6.45, 7) is 9.34. The van der Waals surface area contributed by atoms with Crippen molar-refractivity contribution in [3.8, 4) is 0 Å². The van der Waals surface area contributed by atoms with Gasteiger partial charge < -0.3 is 4.90 Å². The fraction of sp³-hybridized carbons (Fsp3) is 0.261. The summed E-state index contributed by atoms with van der Waals surface area (Å²) in [5, 5.41) is 0. The quantitative estimate of drug-likeness (QED) is 0.711. The zero-order chi connectivity index (χ0) is 17.6. The molecule has 25 heavy (non-hydrogen) atoms. The number of nitrogens with zero attached hydrogens (tertiary/aromatic N) is 2. The molecule has 0 aromatic heterocycles. The number of fused-ring (bicyclic) bond motifs is 1. The molecule has 0 aliphatic heterocycles. The van der Waals surface area contributed by atoms with Crippen LogP contribution in [0.4, 0.5) is 5.69 Å². The van der Waals surface area contributed by atoms with Gasteiger partial charge in [-0.05, 0) is 61.8 Å². The normalized spacial score (nSPS) is 16.3. The number of rotatable bonds is 5. The van der Waals surface area contributed by atoms with Gasteiger partial charge in [0.2, 0.25) is 0 Å². The van der Waals surface area contributed by atoms with Crippen molar-refractivity contribution in [1.82, 2.24) is 0 Å². The molecule has 1 aliphatic rings. The fourth-order valence-corrected chi connectivity index (χ4v) is 3.29. The first kappa shape index (κ1) is 17.2. The van der Waals surface area contributed by atoms with Crippen molar-refractivity contribution in [2.45, 2.75) is 20.8 Å². The summed E-state index contributed by atoms with van der Waals surface area (Å²) in [7, 11) is 0. The molecule has 2 heteroatoms. The Kier molecular flexibility index (Phi) is 5.49. The predicted octanol–water partition coefficient (Wildman–Crippen LogP) is 5.45. The Morgan fingerprint density at radius 3 is 2.16 bits per heavy atom. The average Bonchev–Trinajstić information content (AvgIpc) is 2.66. The van der Waals surface area contributed by atoms with Crippen molar-refractivity contribution < 1.29 is 0 Å². The van der Waals surface area contributed by atoms with E-state index in [0.29, 0.717) is 0 Å². The van der Waals surface area contributed by atoms with Crippen molar-refractivity contribution in [2.24, 2.45) is 4.99 Å². The Bertz CT molecular complexity index is 806. The second-order valence-electron chi connectivity index (χ2n) is 6.10. The Labute approximate surface area is 151 Å². The summed E-state index contributed by atoms with van der Waals surface area (Å²) in [6, 6.07) is 17.3. The molecule has 0 unspecified atom stereocenters. The molecule has 0 saturated heterocycles. The molecule has 0 bridgehead atoms. The molecule has 0 spiro atoms. The van der Waals surface area contributed by atoms with Gasteiger partial charge in [0.25, 0.3) is 0 Å². The highest BCUT2D eigenvalue weighted by molar-refractivity contribution is 6.16. The minimum atomic E-state index is 0.805. The monoisotopic (exact) mass is 330 g/mol. The van der Waals surface area contributed by atoms with Gasteiger partial charge in [0.05, 0.1) is 5.71 Å². The highest BCUT2D eigenvalue weighted by Crippen LogP contribution is 2.28. The largest absolute Gasteiger partial charge is 0.372 e. The van der Waals surface area contributed by atoms with E-state index in [2.05, 4.69) is 97.4 Å². The van der Waals surface area contributed by atoms with E-state index in [1.54, 1.807) is 0 Å². The zero-order valence-corrected chi connectivity index (χ0v) is 15.4. The zero-order valence-electron chi connectivity index (χ0n) is 15.4. The van der Waals surface area contributed by atoms with Gasteiger partial charge in [0, 0.05) is 30.9 Å². The van der Waals surface area contributed by atoms with Crippen LogP contribution in [0.5, 0.6) is 0 Å². The van der Waals surface area contributed by atoms with Crippen molar-refractivity contribution in [2.75, 3.05) is 24.5 Å². The number of anilines is 1. The summed E-state index contributed by atoms with van der Waals surface area (Å²) in [5.74, 6) is 0. The molecule has 1 aliphatic carbocycles. The molecule has 0 saturated carbocycles. The molecule has 0 heterocycles. The SMILES string of the molecule is CCN=C1C=CC(=Cc2ccc(N(CC)CC)cc2)c2ccccc21. The van der Waals surface area contributed by atoms with Crippen LogP contribution in [0.3, 0.4) is 0 Å². The molecular formula is C23H26N2. The first-order valence-corrected chi connectivity index (χ1v) is 9.15. The van der Waals surface area contributed by atoms with Crippen LogP contribution in [0, 0.1) is 0 Å². The van der Waals surface area contributed by atoms with Gasteiger partial charge in [-0.2, -0.15) is 0 Å². The lowest BCUT2D eigenvalue weighted by atomic mass is 9.90. The van der Waals surface area contributed by atoms with Crippen LogP contribution in [-0.4, -0.2) is 25.3 Å². The first-order valence-electron chi connectivity index (χ1n) is 9.15. The maximum Gasteiger partial charge on any atom is 0.0652 e. The van der Waals surface area contributed by atoms with Gasteiger partial charge >= 0.3 is 0 Å². The minimum absolute atomic E-state index is 0.805. The summed E-state index contributed by atoms with van der Waals surface area (Å²) in [6.07, 6.45) is 6.56. The first-order chi connectivity index (χ1) is 12.3. The highest BCUT2D eigenvalue weighted by Gasteiger charge is 2.13. The van der Waals surface area contributed by atoms with Gasteiger partial charge in [0.1, 0.15) is 0 Å². The van der Waals surface area contributed by atoms with Crippen LogP contribution in [0.25, 0.3) is 11.6 Å². The molecule has 3 rings (SSSR count). The number of hydrogen-bond donors (Lipinski definition) is 0. The molecule has 2 aromatic carbocycles. The molecule has 2 aromatic rings. The Hall–Kier alpha value is -2.61. The molecule has 0 atom stereocenters. The van der Waals surface area contributed by atoms with E-state index >= 15 is 0 Å². The lowest BCUT2D eigenvalue weighted by Crippen LogP contribution is -2.21. The fourth-order valence-electron chi connectivity index (χ4n) is 3.29. The third kappa shape index (κ3) is 3.74. The lowest BCUT2D eigenvalue weighted by molar-refractivity contribution is 0.866. The smallest absolute Gasteiger partial charge is 0.0652 e. The summed E-state index contributed by atoms with van der Waals surface area (Å²) < 4.78 is 0. The van der Waals surface area contributed by atoms with Crippen LogP contribution >= 0.6 is 0 Å².